The SMILES string of the molecule is [C-]#[N+]c1ccc(Nc2ncnc(OC3C4COCC3CN(C(=O)OC(C)(C)C)C4)c2C)c(Cl)c1. The molecule has 3 heterocycles. The lowest BCUT2D eigenvalue weighted by atomic mass is 9.84. The number of amides is 1. The van der Waals surface area contributed by atoms with Crippen molar-refractivity contribution in [3.05, 3.63) is 46.5 Å². The molecule has 2 saturated heterocycles. The van der Waals surface area contributed by atoms with Crippen molar-refractivity contribution in [2.75, 3.05) is 31.6 Å². The fraction of sp³-hybridized carbons (Fsp3) is 0.500. The largest absolute Gasteiger partial charge is 0.473 e. The van der Waals surface area contributed by atoms with Crippen molar-refractivity contribution in [2.45, 2.75) is 39.4 Å². The second-order valence-corrected chi connectivity index (χ2v) is 9.99. The third kappa shape index (κ3) is 5.34. The number of fused-ring (bicyclic) bond motifs is 2. The number of carbonyl (C=O) groups excluding carboxylic acids is 1. The summed E-state index contributed by atoms with van der Waals surface area (Å²) in [6.07, 6.45) is 0.984. The summed E-state index contributed by atoms with van der Waals surface area (Å²) < 4.78 is 17.7. The number of carbonyl (C=O) groups is 1. The van der Waals surface area contributed by atoms with E-state index in [0.29, 0.717) is 54.4 Å². The molecule has 2 bridgehead atoms. The van der Waals surface area contributed by atoms with E-state index >= 15 is 0 Å². The summed E-state index contributed by atoms with van der Waals surface area (Å²) in [4.78, 5) is 26.4. The van der Waals surface area contributed by atoms with Gasteiger partial charge in [-0.2, -0.15) is 0 Å². The van der Waals surface area contributed by atoms with E-state index in [9.17, 15) is 4.79 Å². The first-order valence-electron chi connectivity index (χ1n) is 11.1. The molecular weight excluding hydrogens is 458 g/mol. The first kappa shape index (κ1) is 24.0. The number of ether oxygens (including phenoxy) is 3. The molecule has 2 unspecified atom stereocenters. The van der Waals surface area contributed by atoms with E-state index in [2.05, 4.69) is 20.1 Å². The number of halogens is 1. The lowest BCUT2D eigenvalue weighted by Crippen LogP contribution is -2.59. The predicted octanol–water partition coefficient (Wildman–Crippen LogP) is 4.99. The Morgan fingerprint density at radius 3 is 2.59 bits per heavy atom. The average molecular weight is 486 g/mol. The summed E-state index contributed by atoms with van der Waals surface area (Å²) in [7, 11) is 0. The van der Waals surface area contributed by atoms with Crippen molar-refractivity contribution in [2.24, 2.45) is 11.8 Å². The molecule has 1 amide bonds. The molecule has 1 N–H and O–H groups in total. The Labute approximate surface area is 204 Å². The molecule has 0 saturated carbocycles. The second kappa shape index (κ2) is 9.65. The number of likely N-dealkylation sites (tertiary alicyclic amines) is 1. The van der Waals surface area contributed by atoms with Gasteiger partial charge in [-0.15, -0.1) is 0 Å². The first-order valence-corrected chi connectivity index (χ1v) is 11.5. The Bertz CT molecular complexity index is 1100. The highest BCUT2D eigenvalue weighted by atomic mass is 35.5. The van der Waals surface area contributed by atoms with Crippen LogP contribution in [-0.2, 0) is 9.47 Å². The maximum atomic E-state index is 12.6. The Hall–Kier alpha value is -3.09. The van der Waals surface area contributed by atoms with E-state index in [1.165, 1.54) is 6.33 Å². The molecule has 0 aliphatic carbocycles. The maximum Gasteiger partial charge on any atom is 0.410 e. The molecule has 2 aromatic rings. The van der Waals surface area contributed by atoms with Crippen LogP contribution in [0.2, 0.25) is 5.02 Å². The van der Waals surface area contributed by atoms with E-state index in [1.54, 1.807) is 23.1 Å². The van der Waals surface area contributed by atoms with Gasteiger partial charge in [-0.25, -0.2) is 19.6 Å². The Kier molecular flexibility index (Phi) is 6.82. The van der Waals surface area contributed by atoms with Crippen LogP contribution in [0.15, 0.2) is 24.5 Å². The summed E-state index contributed by atoms with van der Waals surface area (Å²) in [6, 6.07) is 5.03. The van der Waals surface area contributed by atoms with Crippen LogP contribution < -0.4 is 10.1 Å². The third-order valence-corrected chi connectivity index (χ3v) is 6.09. The molecule has 2 aliphatic rings. The minimum atomic E-state index is -0.545. The zero-order valence-electron chi connectivity index (χ0n) is 19.7. The lowest BCUT2D eigenvalue weighted by Gasteiger charge is -2.46. The number of nitrogens with zero attached hydrogens (tertiary/aromatic N) is 4. The van der Waals surface area contributed by atoms with Crippen LogP contribution in [0.4, 0.5) is 22.0 Å². The molecular formula is C24H28ClN5O4. The molecule has 180 valence electrons. The number of aromatic nitrogens is 2. The normalized spacial score (nSPS) is 22.0. The summed E-state index contributed by atoms with van der Waals surface area (Å²) >= 11 is 6.31. The highest BCUT2D eigenvalue weighted by Gasteiger charge is 2.44. The summed E-state index contributed by atoms with van der Waals surface area (Å²) in [5, 5.41) is 3.63. The van der Waals surface area contributed by atoms with E-state index in [-0.39, 0.29) is 24.0 Å². The van der Waals surface area contributed by atoms with E-state index in [1.807, 2.05) is 27.7 Å². The summed E-state index contributed by atoms with van der Waals surface area (Å²) in [6.45, 7) is 16.6. The van der Waals surface area contributed by atoms with Crippen LogP contribution in [0.25, 0.3) is 4.85 Å². The fourth-order valence-corrected chi connectivity index (χ4v) is 4.40. The van der Waals surface area contributed by atoms with Crippen molar-refractivity contribution < 1.29 is 19.0 Å². The van der Waals surface area contributed by atoms with Crippen LogP contribution in [-0.4, -0.2) is 59.0 Å². The Balaban J connectivity index is 1.49. The predicted molar refractivity (Wildman–Crippen MR) is 128 cm³/mol. The van der Waals surface area contributed by atoms with Crippen molar-refractivity contribution >= 4 is 34.9 Å². The quantitative estimate of drug-likeness (QED) is 0.610. The minimum Gasteiger partial charge on any atom is -0.473 e. The average Bonchev–Trinajstić information content (AvgIpc) is 2.76. The number of piperidine rings is 1. The first-order chi connectivity index (χ1) is 16.1. The van der Waals surface area contributed by atoms with Crippen molar-refractivity contribution in [3.8, 4) is 5.88 Å². The molecule has 2 atom stereocenters. The van der Waals surface area contributed by atoms with Gasteiger partial charge in [0.25, 0.3) is 0 Å². The summed E-state index contributed by atoms with van der Waals surface area (Å²) in [5.74, 6) is 1.04. The zero-order valence-corrected chi connectivity index (χ0v) is 20.4. The van der Waals surface area contributed by atoms with Gasteiger partial charge in [0, 0.05) is 24.9 Å². The van der Waals surface area contributed by atoms with Gasteiger partial charge in [0.05, 0.1) is 36.1 Å². The van der Waals surface area contributed by atoms with Gasteiger partial charge in [-0.05, 0) is 39.8 Å². The van der Waals surface area contributed by atoms with Crippen molar-refractivity contribution in [3.63, 3.8) is 0 Å². The monoisotopic (exact) mass is 485 g/mol. The molecule has 0 spiro atoms. The summed E-state index contributed by atoms with van der Waals surface area (Å²) in [5.41, 5.74) is 1.29. The molecule has 4 rings (SSSR count). The third-order valence-electron chi connectivity index (χ3n) is 5.77. The van der Waals surface area contributed by atoms with E-state index in [4.69, 9.17) is 32.4 Å². The van der Waals surface area contributed by atoms with Gasteiger partial charge in [0.2, 0.25) is 5.88 Å². The van der Waals surface area contributed by atoms with Gasteiger partial charge < -0.3 is 24.4 Å². The molecule has 2 fully saturated rings. The second-order valence-electron chi connectivity index (χ2n) is 9.58. The molecule has 10 heteroatoms. The highest BCUT2D eigenvalue weighted by Crippen LogP contribution is 2.35. The van der Waals surface area contributed by atoms with Gasteiger partial charge in [0.15, 0.2) is 5.69 Å². The van der Waals surface area contributed by atoms with Crippen LogP contribution in [0, 0.1) is 25.3 Å². The van der Waals surface area contributed by atoms with Crippen LogP contribution >= 0.6 is 11.6 Å². The molecule has 1 aromatic heterocycles. The van der Waals surface area contributed by atoms with Gasteiger partial charge in [0.1, 0.15) is 23.9 Å². The number of hydrogen-bond donors (Lipinski definition) is 1. The fourth-order valence-electron chi connectivity index (χ4n) is 4.18. The topological polar surface area (TPSA) is 90.2 Å². The smallest absolute Gasteiger partial charge is 0.410 e. The van der Waals surface area contributed by atoms with E-state index < -0.39 is 5.60 Å². The van der Waals surface area contributed by atoms with Gasteiger partial charge in [-0.1, -0.05) is 17.7 Å². The molecule has 9 nitrogen and oxygen atoms in total. The molecule has 0 radical (unpaired) electrons. The van der Waals surface area contributed by atoms with Crippen LogP contribution in [0.1, 0.15) is 26.3 Å². The molecule has 1 aromatic carbocycles. The number of rotatable bonds is 4. The Morgan fingerprint density at radius 1 is 1.26 bits per heavy atom. The van der Waals surface area contributed by atoms with Crippen molar-refractivity contribution in [1.82, 2.24) is 14.9 Å². The van der Waals surface area contributed by atoms with Gasteiger partial charge >= 0.3 is 6.09 Å². The number of anilines is 2. The number of hydrogen-bond acceptors (Lipinski definition) is 7. The lowest BCUT2D eigenvalue weighted by molar-refractivity contribution is -0.113. The number of nitrogens with one attached hydrogen (secondary N) is 1. The van der Waals surface area contributed by atoms with Gasteiger partial charge in [-0.3, -0.25) is 0 Å². The minimum absolute atomic E-state index is 0.00130. The standard InChI is InChI=1S/C24H28ClN5O4/c1-14-21(29-19-7-6-17(26-5)8-18(19)25)27-13-28-22(14)33-20-15-9-30(10-16(20)12-32-11-15)23(31)34-24(2,3)4/h6-8,13,15-16,20H,9-12H2,1-4H3,(H,27,28,29). The molecule has 34 heavy (non-hydrogen) atoms. The van der Waals surface area contributed by atoms with Crippen LogP contribution in [0.3, 0.4) is 0 Å². The maximum absolute atomic E-state index is 12.6. The van der Waals surface area contributed by atoms with E-state index in [0.717, 1.165) is 5.56 Å². The highest BCUT2D eigenvalue weighted by molar-refractivity contribution is 6.33. The Morgan fingerprint density at radius 2 is 1.97 bits per heavy atom. The van der Waals surface area contributed by atoms with Crippen LogP contribution in [0.5, 0.6) is 5.88 Å². The van der Waals surface area contributed by atoms with Crippen molar-refractivity contribution in [1.29, 1.82) is 0 Å². The number of benzene rings is 1. The zero-order chi connectivity index (χ0) is 24.5. The molecule has 2 aliphatic heterocycles.